The Labute approximate surface area is 95.6 Å². The first-order valence-electron chi connectivity index (χ1n) is 5.87. The van der Waals surface area contributed by atoms with Gasteiger partial charge in [0.25, 0.3) is 0 Å². The lowest BCUT2D eigenvalue weighted by molar-refractivity contribution is 0.0520. The molecule has 5 heteroatoms. The molecule has 1 fully saturated rings. The molecule has 0 bridgehead atoms. The highest BCUT2D eigenvalue weighted by Gasteiger charge is 2.19. The molecular formula is C11H19N3O2. The number of nitrogens with zero attached hydrogens (tertiary/aromatic N) is 2. The van der Waals surface area contributed by atoms with Crippen molar-refractivity contribution >= 4 is 0 Å². The summed E-state index contributed by atoms with van der Waals surface area (Å²) in [7, 11) is 1.88. The van der Waals surface area contributed by atoms with Gasteiger partial charge in [0.05, 0.1) is 6.04 Å². The van der Waals surface area contributed by atoms with Gasteiger partial charge in [-0.25, -0.2) is 0 Å². The summed E-state index contributed by atoms with van der Waals surface area (Å²) in [6.07, 6.45) is 3.17. The van der Waals surface area contributed by atoms with E-state index in [1.54, 1.807) is 0 Å². The van der Waals surface area contributed by atoms with E-state index in [0.29, 0.717) is 5.92 Å². The third kappa shape index (κ3) is 2.80. The number of nitrogens with one attached hydrogen (secondary N) is 1. The summed E-state index contributed by atoms with van der Waals surface area (Å²) < 4.78 is 10.7. The second-order valence-corrected chi connectivity index (χ2v) is 4.34. The molecule has 5 nitrogen and oxygen atoms in total. The van der Waals surface area contributed by atoms with Crippen LogP contribution in [0.3, 0.4) is 0 Å². The molecule has 1 N–H and O–H groups in total. The van der Waals surface area contributed by atoms with Crippen molar-refractivity contribution in [3.05, 3.63) is 11.7 Å². The van der Waals surface area contributed by atoms with Crippen LogP contribution in [0.5, 0.6) is 0 Å². The maximum absolute atomic E-state index is 5.43. The zero-order chi connectivity index (χ0) is 11.4. The fraction of sp³-hybridized carbons (Fsp3) is 0.818. The summed E-state index contributed by atoms with van der Waals surface area (Å²) in [4.78, 5) is 4.38. The van der Waals surface area contributed by atoms with E-state index in [-0.39, 0.29) is 6.04 Å². The molecule has 2 atom stereocenters. The molecule has 90 valence electrons. The van der Waals surface area contributed by atoms with Crippen LogP contribution >= 0.6 is 0 Å². The van der Waals surface area contributed by atoms with Gasteiger partial charge in [0.2, 0.25) is 5.89 Å². The molecule has 1 aromatic heterocycles. The first-order valence-corrected chi connectivity index (χ1v) is 5.87. The molecule has 0 aromatic carbocycles. The summed E-state index contributed by atoms with van der Waals surface area (Å²) in [5, 5.41) is 7.05. The average Bonchev–Trinajstić information content (AvgIpc) is 2.78. The van der Waals surface area contributed by atoms with Crippen molar-refractivity contribution in [3.8, 4) is 0 Å². The number of hydrogen-bond donors (Lipinski definition) is 1. The van der Waals surface area contributed by atoms with Crippen LogP contribution in [0.25, 0.3) is 0 Å². The molecule has 0 radical (unpaired) electrons. The second kappa shape index (κ2) is 5.41. The molecule has 2 rings (SSSR count). The Morgan fingerprint density at radius 2 is 2.44 bits per heavy atom. The second-order valence-electron chi connectivity index (χ2n) is 4.34. The van der Waals surface area contributed by atoms with Crippen LogP contribution in [0, 0.1) is 5.92 Å². The Bertz CT molecular complexity index is 321. The fourth-order valence-electron chi connectivity index (χ4n) is 1.87. The van der Waals surface area contributed by atoms with Crippen LogP contribution in [0.2, 0.25) is 0 Å². The maximum atomic E-state index is 5.43. The summed E-state index contributed by atoms with van der Waals surface area (Å²) in [6.45, 7) is 3.72. The van der Waals surface area contributed by atoms with Crippen molar-refractivity contribution in [1.29, 1.82) is 0 Å². The van der Waals surface area contributed by atoms with Crippen molar-refractivity contribution < 1.29 is 9.26 Å². The van der Waals surface area contributed by atoms with Gasteiger partial charge in [0.1, 0.15) is 0 Å². The van der Waals surface area contributed by atoms with Gasteiger partial charge in [-0.05, 0) is 32.7 Å². The van der Waals surface area contributed by atoms with Gasteiger partial charge in [0, 0.05) is 19.6 Å². The van der Waals surface area contributed by atoms with Gasteiger partial charge in [-0.15, -0.1) is 0 Å². The van der Waals surface area contributed by atoms with Crippen LogP contribution < -0.4 is 5.32 Å². The smallest absolute Gasteiger partial charge is 0.227 e. The van der Waals surface area contributed by atoms with E-state index < -0.39 is 0 Å². The van der Waals surface area contributed by atoms with Gasteiger partial charge in [0.15, 0.2) is 5.82 Å². The first-order chi connectivity index (χ1) is 7.79. The normalized spacial score (nSPS) is 23.2. The van der Waals surface area contributed by atoms with E-state index in [0.717, 1.165) is 37.8 Å². The zero-order valence-electron chi connectivity index (χ0n) is 9.90. The van der Waals surface area contributed by atoms with E-state index in [2.05, 4.69) is 15.5 Å². The van der Waals surface area contributed by atoms with E-state index >= 15 is 0 Å². The van der Waals surface area contributed by atoms with Crippen molar-refractivity contribution in [2.24, 2.45) is 5.92 Å². The molecule has 1 aliphatic rings. The lowest BCUT2D eigenvalue weighted by atomic mass is 9.99. The minimum absolute atomic E-state index is 0.139. The Morgan fingerprint density at radius 1 is 1.56 bits per heavy atom. The lowest BCUT2D eigenvalue weighted by Crippen LogP contribution is -2.19. The molecule has 0 amide bonds. The van der Waals surface area contributed by atoms with Gasteiger partial charge in [-0.3, -0.25) is 0 Å². The Morgan fingerprint density at radius 3 is 3.12 bits per heavy atom. The minimum Gasteiger partial charge on any atom is -0.381 e. The molecule has 1 aromatic rings. The predicted octanol–water partition coefficient (Wildman–Crippen LogP) is 1.32. The van der Waals surface area contributed by atoms with Gasteiger partial charge in [-0.2, -0.15) is 4.98 Å². The van der Waals surface area contributed by atoms with Gasteiger partial charge < -0.3 is 14.6 Å². The van der Waals surface area contributed by atoms with E-state index in [9.17, 15) is 0 Å². The number of aromatic nitrogens is 2. The van der Waals surface area contributed by atoms with Crippen LogP contribution in [0.15, 0.2) is 4.52 Å². The highest BCUT2D eigenvalue weighted by molar-refractivity contribution is 4.93. The fourth-order valence-corrected chi connectivity index (χ4v) is 1.87. The largest absolute Gasteiger partial charge is 0.381 e. The molecule has 0 saturated carbocycles. The van der Waals surface area contributed by atoms with E-state index in [1.807, 2.05) is 14.0 Å². The Kier molecular flexibility index (Phi) is 3.90. The van der Waals surface area contributed by atoms with Gasteiger partial charge >= 0.3 is 0 Å². The molecule has 2 unspecified atom stereocenters. The molecule has 0 spiro atoms. The number of ether oxygens (including phenoxy) is 1. The van der Waals surface area contributed by atoms with Crippen molar-refractivity contribution in [2.75, 3.05) is 20.3 Å². The average molecular weight is 225 g/mol. The molecular weight excluding hydrogens is 206 g/mol. The first kappa shape index (κ1) is 11.5. The standard InChI is InChI=1S/C11H19N3O2/c1-8(12-2)11-13-10(16-14-11)6-9-4-3-5-15-7-9/h8-9,12H,3-7H2,1-2H3. The summed E-state index contributed by atoms with van der Waals surface area (Å²) in [6, 6.07) is 0.139. The topological polar surface area (TPSA) is 60.2 Å². The zero-order valence-corrected chi connectivity index (χ0v) is 9.90. The van der Waals surface area contributed by atoms with Crippen molar-refractivity contribution in [2.45, 2.75) is 32.2 Å². The minimum atomic E-state index is 0.139. The maximum Gasteiger partial charge on any atom is 0.227 e. The van der Waals surface area contributed by atoms with Crippen LogP contribution in [-0.4, -0.2) is 30.4 Å². The third-order valence-corrected chi connectivity index (χ3v) is 3.02. The third-order valence-electron chi connectivity index (χ3n) is 3.02. The molecule has 0 aliphatic carbocycles. The quantitative estimate of drug-likeness (QED) is 0.837. The highest BCUT2D eigenvalue weighted by atomic mass is 16.5. The van der Waals surface area contributed by atoms with Crippen LogP contribution in [0.1, 0.15) is 37.5 Å². The predicted molar refractivity (Wildman–Crippen MR) is 59.0 cm³/mol. The summed E-state index contributed by atoms with van der Waals surface area (Å²) >= 11 is 0. The Hall–Kier alpha value is -0.940. The molecule has 1 saturated heterocycles. The van der Waals surface area contributed by atoms with Gasteiger partial charge in [-0.1, -0.05) is 5.16 Å². The number of rotatable bonds is 4. The summed E-state index contributed by atoms with van der Waals surface area (Å²) in [5.41, 5.74) is 0. The Balaban J connectivity index is 1.91. The highest BCUT2D eigenvalue weighted by Crippen LogP contribution is 2.18. The monoisotopic (exact) mass is 225 g/mol. The molecule has 1 aliphatic heterocycles. The summed E-state index contributed by atoms with van der Waals surface area (Å²) in [5.74, 6) is 1.99. The molecule has 16 heavy (non-hydrogen) atoms. The lowest BCUT2D eigenvalue weighted by Gasteiger charge is -2.20. The van der Waals surface area contributed by atoms with Crippen molar-refractivity contribution in [1.82, 2.24) is 15.5 Å². The van der Waals surface area contributed by atoms with Crippen LogP contribution in [0.4, 0.5) is 0 Å². The number of hydrogen-bond acceptors (Lipinski definition) is 5. The van der Waals surface area contributed by atoms with Crippen LogP contribution in [-0.2, 0) is 11.2 Å². The van der Waals surface area contributed by atoms with E-state index in [4.69, 9.17) is 9.26 Å². The molecule has 2 heterocycles. The SMILES string of the molecule is CNC(C)c1noc(CC2CCCOC2)n1. The van der Waals surface area contributed by atoms with Crippen molar-refractivity contribution in [3.63, 3.8) is 0 Å². The van der Waals surface area contributed by atoms with E-state index in [1.165, 1.54) is 6.42 Å².